The van der Waals surface area contributed by atoms with Gasteiger partial charge < -0.3 is 10.2 Å². The van der Waals surface area contributed by atoms with E-state index in [4.69, 9.17) is 11.6 Å². The summed E-state index contributed by atoms with van der Waals surface area (Å²) >= 11 is 7.44. The molecule has 0 spiro atoms. The van der Waals surface area contributed by atoms with Gasteiger partial charge in [-0.2, -0.15) is 0 Å². The number of amides is 2. The number of benzene rings is 1. The average Bonchev–Trinajstić information content (AvgIpc) is 3.42. The van der Waals surface area contributed by atoms with Crippen LogP contribution in [0.1, 0.15) is 44.9 Å². The maximum atomic E-state index is 13.0. The van der Waals surface area contributed by atoms with Crippen LogP contribution in [-0.2, 0) is 0 Å². The lowest BCUT2D eigenvalue weighted by Crippen LogP contribution is -2.37. The van der Waals surface area contributed by atoms with Crippen LogP contribution in [0.15, 0.2) is 30.3 Å². The highest BCUT2D eigenvalue weighted by molar-refractivity contribution is 7.18. The molecule has 2 aliphatic rings. The molecule has 1 unspecified atom stereocenters. The number of nitrogens with zero attached hydrogens (tertiary/aromatic N) is 2. The van der Waals surface area contributed by atoms with Gasteiger partial charge >= 0.3 is 0 Å². The number of thiophene rings is 1. The fourth-order valence-corrected chi connectivity index (χ4v) is 5.31. The predicted octanol–water partition coefficient (Wildman–Crippen LogP) is 4.27. The van der Waals surface area contributed by atoms with Gasteiger partial charge in [0.1, 0.15) is 0 Å². The molecule has 0 saturated carbocycles. The summed E-state index contributed by atoms with van der Waals surface area (Å²) in [5.41, 5.74) is 1.32. The van der Waals surface area contributed by atoms with E-state index in [0.717, 1.165) is 38.2 Å². The van der Waals surface area contributed by atoms with Crippen LogP contribution in [0, 0.1) is 6.92 Å². The van der Waals surface area contributed by atoms with Gasteiger partial charge in [-0.1, -0.05) is 23.7 Å². The Morgan fingerprint density at radius 1 is 1.18 bits per heavy atom. The zero-order chi connectivity index (χ0) is 19.7. The predicted molar refractivity (Wildman–Crippen MR) is 114 cm³/mol. The summed E-state index contributed by atoms with van der Waals surface area (Å²) in [6.07, 6.45) is 3.58. The van der Waals surface area contributed by atoms with E-state index in [1.165, 1.54) is 24.2 Å². The molecule has 3 heterocycles. The van der Waals surface area contributed by atoms with Crippen LogP contribution in [-0.4, -0.2) is 53.8 Å². The maximum Gasteiger partial charge on any atom is 0.264 e. The van der Waals surface area contributed by atoms with Crippen molar-refractivity contribution in [3.05, 3.63) is 51.4 Å². The van der Waals surface area contributed by atoms with Crippen LogP contribution in [0.5, 0.6) is 0 Å². The largest absolute Gasteiger partial charge is 0.336 e. The van der Waals surface area contributed by atoms with Gasteiger partial charge in [-0.15, -0.1) is 11.3 Å². The minimum atomic E-state index is -0.263. The number of likely N-dealkylation sites (tertiary alicyclic amines) is 2. The van der Waals surface area contributed by atoms with Crippen LogP contribution in [0.25, 0.3) is 0 Å². The Bertz CT molecular complexity index is 892. The first-order chi connectivity index (χ1) is 13.5. The number of rotatable bonds is 4. The van der Waals surface area contributed by atoms with Gasteiger partial charge in [0, 0.05) is 19.1 Å². The smallest absolute Gasteiger partial charge is 0.264 e. The van der Waals surface area contributed by atoms with Crippen LogP contribution in [0.4, 0.5) is 5.00 Å². The summed E-state index contributed by atoms with van der Waals surface area (Å²) in [6, 6.07) is 9.30. The van der Waals surface area contributed by atoms with Gasteiger partial charge in [0.05, 0.1) is 20.5 Å². The first-order valence-electron chi connectivity index (χ1n) is 9.72. The molecule has 2 aliphatic heterocycles. The number of hydrogen-bond donors (Lipinski definition) is 1. The molecule has 1 aromatic carbocycles. The summed E-state index contributed by atoms with van der Waals surface area (Å²) in [5, 5.41) is 3.95. The number of hydrogen-bond acceptors (Lipinski definition) is 4. The van der Waals surface area contributed by atoms with Crippen LogP contribution < -0.4 is 5.32 Å². The first-order valence-corrected chi connectivity index (χ1v) is 10.9. The Labute approximate surface area is 174 Å². The molecule has 0 radical (unpaired) electrons. The van der Waals surface area contributed by atoms with Crippen molar-refractivity contribution in [2.75, 3.05) is 31.5 Å². The lowest BCUT2D eigenvalue weighted by molar-refractivity contribution is 0.0784. The van der Waals surface area contributed by atoms with E-state index in [1.807, 2.05) is 17.9 Å². The van der Waals surface area contributed by atoms with Gasteiger partial charge in [-0.25, -0.2) is 0 Å². The second-order valence-corrected chi connectivity index (χ2v) is 8.95. The second kappa shape index (κ2) is 8.23. The summed E-state index contributed by atoms with van der Waals surface area (Å²) in [4.78, 5) is 30.7. The molecule has 2 fully saturated rings. The fraction of sp³-hybridized carbons (Fsp3) is 0.429. The van der Waals surface area contributed by atoms with Crippen molar-refractivity contribution < 1.29 is 9.59 Å². The van der Waals surface area contributed by atoms with Crippen molar-refractivity contribution in [3.63, 3.8) is 0 Å². The van der Waals surface area contributed by atoms with Crippen LogP contribution >= 0.6 is 22.9 Å². The van der Waals surface area contributed by atoms with Gasteiger partial charge in [0.2, 0.25) is 0 Å². The second-order valence-electron chi connectivity index (χ2n) is 7.49. The zero-order valence-corrected chi connectivity index (χ0v) is 17.5. The minimum Gasteiger partial charge on any atom is -0.336 e. The van der Waals surface area contributed by atoms with E-state index in [1.54, 1.807) is 24.3 Å². The van der Waals surface area contributed by atoms with E-state index in [2.05, 4.69) is 10.2 Å². The van der Waals surface area contributed by atoms with Gasteiger partial charge in [0.25, 0.3) is 11.8 Å². The quantitative estimate of drug-likeness (QED) is 0.808. The highest BCUT2D eigenvalue weighted by atomic mass is 35.5. The van der Waals surface area contributed by atoms with Crippen molar-refractivity contribution in [2.45, 2.75) is 32.2 Å². The lowest BCUT2D eigenvalue weighted by atomic mass is 10.2. The number of carbonyl (C=O) groups excluding carboxylic acids is 2. The SMILES string of the molecule is Cc1cc(NC(=O)c2ccccc2Cl)sc1C(=O)N1CCC(N2CCCC2)C1. The zero-order valence-electron chi connectivity index (χ0n) is 15.9. The number of anilines is 1. The molecule has 1 N–H and O–H groups in total. The average molecular weight is 418 g/mol. The highest BCUT2D eigenvalue weighted by Gasteiger charge is 2.33. The van der Waals surface area contributed by atoms with Crippen molar-refractivity contribution in [3.8, 4) is 0 Å². The molecule has 5 nitrogen and oxygen atoms in total. The van der Waals surface area contributed by atoms with E-state index < -0.39 is 0 Å². The molecule has 28 heavy (non-hydrogen) atoms. The number of halogens is 1. The Hall–Kier alpha value is -1.89. The molecule has 148 valence electrons. The van der Waals surface area contributed by atoms with E-state index >= 15 is 0 Å². The molecule has 4 rings (SSSR count). The van der Waals surface area contributed by atoms with E-state index in [0.29, 0.717) is 26.5 Å². The molecule has 0 aliphatic carbocycles. The Morgan fingerprint density at radius 3 is 2.68 bits per heavy atom. The number of carbonyl (C=O) groups is 2. The molecule has 2 aromatic rings. The molecular weight excluding hydrogens is 394 g/mol. The van der Waals surface area contributed by atoms with Gasteiger partial charge in [0.15, 0.2) is 0 Å². The summed E-state index contributed by atoms with van der Waals surface area (Å²) < 4.78 is 0. The third kappa shape index (κ3) is 3.95. The van der Waals surface area contributed by atoms with E-state index in [-0.39, 0.29) is 11.8 Å². The number of nitrogens with one attached hydrogen (secondary N) is 1. The van der Waals surface area contributed by atoms with Crippen LogP contribution in [0.2, 0.25) is 5.02 Å². The Kier molecular flexibility index (Phi) is 5.71. The van der Waals surface area contributed by atoms with Crippen LogP contribution in [0.3, 0.4) is 0 Å². The molecule has 2 amide bonds. The summed E-state index contributed by atoms with van der Waals surface area (Å²) in [5.74, 6) is -0.191. The molecule has 2 saturated heterocycles. The fourth-order valence-electron chi connectivity index (χ4n) is 4.06. The first kappa shape index (κ1) is 19.4. The summed E-state index contributed by atoms with van der Waals surface area (Å²) in [6.45, 7) is 5.84. The third-order valence-electron chi connectivity index (χ3n) is 5.57. The minimum absolute atomic E-state index is 0.0717. The Morgan fingerprint density at radius 2 is 1.93 bits per heavy atom. The van der Waals surface area contributed by atoms with E-state index in [9.17, 15) is 9.59 Å². The van der Waals surface area contributed by atoms with Crippen molar-refractivity contribution in [1.82, 2.24) is 9.80 Å². The van der Waals surface area contributed by atoms with Crippen molar-refractivity contribution in [2.24, 2.45) is 0 Å². The maximum absolute atomic E-state index is 13.0. The molecule has 1 aromatic heterocycles. The monoisotopic (exact) mass is 417 g/mol. The Balaban J connectivity index is 1.43. The van der Waals surface area contributed by atoms with Gasteiger partial charge in [-0.05, 0) is 63.0 Å². The molecular formula is C21H24ClN3O2S. The van der Waals surface area contributed by atoms with Crippen molar-refractivity contribution >= 4 is 39.8 Å². The number of aryl methyl sites for hydroxylation is 1. The molecule has 1 atom stereocenters. The van der Waals surface area contributed by atoms with Gasteiger partial charge in [-0.3, -0.25) is 14.5 Å². The summed E-state index contributed by atoms with van der Waals surface area (Å²) in [7, 11) is 0. The molecule has 0 bridgehead atoms. The topological polar surface area (TPSA) is 52.7 Å². The third-order valence-corrected chi connectivity index (χ3v) is 7.05. The highest BCUT2D eigenvalue weighted by Crippen LogP contribution is 2.30. The van der Waals surface area contributed by atoms with Crippen molar-refractivity contribution in [1.29, 1.82) is 0 Å². The lowest BCUT2D eigenvalue weighted by Gasteiger charge is -2.23. The standard InChI is InChI=1S/C21H24ClN3O2S/c1-14-12-18(23-20(26)16-6-2-3-7-17(16)22)28-19(14)21(27)25-11-8-15(13-25)24-9-4-5-10-24/h2-3,6-7,12,15H,4-5,8-11,13H2,1H3,(H,23,26). The molecule has 7 heteroatoms. The normalized spacial score (nSPS) is 19.9.